The monoisotopic (exact) mass is 321 g/mol. The van der Waals surface area contributed by atoms with Crippen molar-refractivity contribution in [2.24, 2.45) is 0 Å². The third kappa shape index (κ3) is 3.15. The number of benzene rings is 2. The van der Waals surface area contributed by atoms with Crippen LogP contribution in [0.2, 0.25) is 0 Å². The molecule has 5 heteroatoms. The normalized spacial score (nSPS) is 10.6. The summed E-state index contributed by atoms with van der Waals surface area (Å²) in [7, 11) is 0. The molecular weight excluding hydrogens is 302 g/mol. The van der Waals surface area contributed by atoms with Crippen molar-refractivity contribution in [1.29, 1.82) is 0 Å². The second-order valence-electron chi connectivity index (χ2n) is 5.56. The van der Waals surface area contributed by atoms with Crippen molar-refractivity contribution < 1.29 is 9.59 Å². The van der Waals surface area contributed by atoms with E-state index in [2.05, 4.69) is 22.1 Å². The number of rotatable bonds is 4. The van der Waals surface area contributed by atoms with Crippen molar-refractivity contribution >= 4 is 34.1 Å². The van der Waals surface area contributed by atoms with E-state index in [1.54, 1.807) is 24.3 Å². The van der Waals surface area contributed by atoms with Gasteiger partial charge < -0.3 is 15.2 Å². The van der Waals surface area contributed by atoms with Crippen LogP contribution < -0.4 is 10.6 Å². The molecule has 2 aromatic carbocycles. The first-order valence-corrected chi connectivity index (χ1v) is 7.85. The van der Waals surface area contributed by atoms with Crippen LogP contribution in [-0.2, 0) is 11.3 Å². The SMILES string of the molecule is CCn1cc(C(=O)Nc2ccc(NC(C)=O)cc2)c2ccccc21. The van der Waals surface area contributed by atoms with Gasteiger partial charge in [0.25, 0.3) is 5.91 Å². The summed E-state index contributed by atoms with van der Waals surface area (Å²) in [5.74, 6) is -0.273. The number of fused-ring (bicyclic) bond motifs is 1. The second-order valence-corrected chi connectivity index (χ2v) is 5.56. The van der Waals surface area contributed by atoms with Crippen LogP contribution in [0.25, 0.3) is 10.9 Å². The van der Waals surface area contributed by atoms with Gasteiger partial charge in [0.1, 0.15) is 0 Å². The zero-order valence-corrected chi connectivity index (χ0v) is 13.7. The highest BCUT2D eigenvalue weighted by atomic mass is 16.2. The summed E-state index contributed by atoms with van der Waals surface area (Å²) in [6.45, 7) is 4.31. The number of nitrogens with one attached hydrogen (secondary N) is 2. The number of para-hydroxylation sites is 1. The van der Waals surface area contributed by atoms with E-state index < -0.39 is 0 Å². The molecule has 0 aliphatic rings. The Labute approximate surface area is 140 Å². The Bertz CT molecular complexity index is 895. The van der Waals surface area contributed by atoms with Gasteiger partial charge in [-0.05, 0) is 37.3 Å². The highest BCUT2D eigenvalue weighted by molar-refractivity contribution is 6.13. The topological polar surface area (TPSA) is 63.1 Å². The highest BCUT2D eigenvalue weighted by Crippen LogP contribution is 2.23. The van der Waals surface area contributed by atoms with Crippen molar-refractivity contribution in [3.05, 3.63) is 60.3 Å². The van der Waals surface area contributed by atoms with Gasteiger partial charge in [-0.3, -0.25) is 9.59 Å². The Hall–Kier alpha value is -3.08. The lowest BCUT2D eigenvalue weighted by Gasteiger charge is -2.06. The summed E-state index contributed by atoms with van der Waals surface area (Å²) < 4.78 is 2.06. The largest absolute Gasteiger partial charge is 0.347 e. The lowest BCUT2D eigenvalue weighted by molar-refractivity contribution is -0.114. The molecule has 0 radical (unpaired) electrons. The van der Waals surface area contributed by atoms with Crippen LogP contribution in [0.1, 0.15) is 24.2 Å². The summed E-state index contributed by atoms with van der Waals surface area (Å²) in [5, 5.41) is 6.54. The third-order valence-electron chi connectivity index (χ3n) is 3.84. The van der Waals surface area contributed by atoms with Crippen LogP contribution in [0.15, 0.2) is 54.7 Å². The van der Waals surface area contributed by atoms with Gasteiger partial charge in [0, 0.05) is 41.9 Å². The molecule has 3 rings (SSSR count). The number of anilines is 2. The average Bonchev–Trinajstić information content (AvgIpc) is 2.95. The highest BCUT2D eigenvalue weighted by Gasteiger charge is 2.14. The molecule has 1 aromatic heterocycles. The van der Waals surface area contributed by atoms with Gasteiger partial charge in [-0.15, -0.1) is 0 Å². The number of amides is 2. The second kappa shape index (κ2) is 6.58. The van der Waals surface area contributed by atoms with Crippen LogP contribution in [0.3, 0.4) is 0 Å². The number of aromatic nitrogens is 1. The first kappa shape index (κ1) is 15.8. The van der Waals surface area contributed by atoms with Crippen molar-refractivity contribution in [2.45, 2.75) is 20.4 Å². The fourth-order valence-corrected chi connectivity index (χ4v) is 2.73. The summed E-state index contributed by atoms with van der Waals surface area (Å²) >= 11 is 0. The van der Waals surface area contributed by atoms with E-state index in [0.29, 0.717) is 16.9 Å². The molecule has 2 amide bonds. The molecule has 3 aromatic rings. The molecule has 0 saturated carbocycles. The summed E-state index contributed by atoms with van der Waals surface area (Å²) in [6.07, 6.45) is 1.88. The smallest absolute Gasteiger partial charge is 0.257 e. The van der Waals surface area contributed by atoms with E-state index in [1.165, 1.54) is 6.92 Å². The third-order valence-corrected chi connectivity index (χ3v) is 3.84. The zero-order valence-electron chi connectivity index (χ0n) is 13.7. The van der Waals surface area contributed by atoms with E-state index in [1.807, 2.05) is 30.5 Å². The van der Waals surface area contributed by atoms with Crippen LogP contribution in [-0.4, -0.2) is 16.4 Å². The molecular formula is C19H19N3O2. The Balaban J connectivity index is 1.84. The van der Waals surface area contributed by atoms with Crippen LogP contribution in [0, 0.1) is 0 Å². The molecule has 5 nitrogen and oxygen atoms in total. The summed E-state index contributed by atoms with van der Waals surface area (Å²) in [4.78, 5) is 23.7. The molecule has 0 saturated heterocycles. The Morgan fingerprint density at radius 1 is 0.958 bits per heavy atom. The summed E-state index contributed by atoms with van der Waals surface area (Å²) in [5.41, 5.74) is 3.08. The molecule has 1 heterocycles. The molecule has 0 atom stereocenters. The number of nitrogens with zero attached hydrogens (tertiary/aromatic N) is 1. The maximum absolute atomic E-state index is 12.6. The van der Waals surface area contributed by atoms with Gasteiger partial charge in [0.05, 0.1) is 5.56 Å². The van der Waals surface area contributed by atoms with Crippen LogP contribution in [0.5, 0.6) is 0 Å². The summed E-state index contributed by atoms with van der Waals surface area (Å²) in [6, 6.07) is 14.9. The Kier molecular flexibility index (Phi) is 4.33. The van der Waals surface area contributed by atoms with Gasteiger partial charge >= 0.3 is 0 Å². The molecule has 0 bridgehead atoms. The molecule has 0 aliphatic carbocycles. The standard InChI is InChI=1S/C19H19N3O2/c1-3-22-12-17(16-6-4-5-7-18(16)22)19(24)21-15-10-8-14(9-11-15)20-13(2)23/h4-12H,3H2,1-2H3,(H,20,23)(H,21,24). The Morgan fingerprint density at radius 2 is 1.58 bits per heavy atom. The predicted molar refractivity (Wildman–Crippen MR) is 96.3 cm³/mol. The zero-order chi connectivity index (χ0) is 17.1. The first-order valence-electron chi connectivity index (χ1n) is 7.85. The van der Waals surface area contributed by atoms with Crippen molar-refractivity contribution in [1.82, 2.24) is 4.57 Å². The number of hydrogen-bond acceptors (Lipinski definition) is 2. The maximum atomic E-state index is 12.6. The van der Waals surface area contributed by atoms with E-state index in [4.69, 9.17) is 0 Å². The molecule has 0 fully saturated rings. The van der Waals surface area contributed by atoms with Gasteiger partial charge in [-0.2, -0.15) is 0 Å². The van der Waals surface area contributed by atoms with Gasteiger partial charge in [-0.25, -0.2) is 0 Å². The van der Waals surface area contributed by atoms with Crippen LogP contribution >= 0.6 is 0 Å². The minimum atomic E-state index is -0.148. The van der Waals surface area contributed by atoms with Crippen molar-refractivity contribution in [3.63, 3.8) is 0 Å². The van der Waals surface area contributed by atoms with Crippen LogP contribution in [0.4, 0.5) is 11.4 Å². The molecule has 0 unspecified atom stereocenters. The number of hydrogen-bond donors (Lipinski definition) is 2. The fourth-order valence-electron chi connectivity index (χ4n) is 2.73. The van der Waals surface area contributed by atoms with Gasteiger partial charge in [0.2, 0.25) is 5.91 Å². The van der Waals surface area contributed by atoms with Gasteiger partial charge in [0.15, 0.2) is 0 Å². The van der Waals surface area contributed by atoms with E-state index >= 15 is 0 Å². The lowest BCUT2D eigenvalue weighted by Crippen LogP contribution is -2.12. The quantitative estimate of drug-likeness (QED) is 0.766. The van der Waals surface area contributed by atoms with Crippen molar-refractivity contribution in [2.75, 3.05) is 10.6 Å². The Morgan fingerprint density at radius 3 is 2.21 bits per heavy atom. The van der Waals surface area contributed by atoms with E-state index in [-0.39, 0.29) is 11.8 Å². The van der Waals surface area contributed by atoms with Crippen molar-refractivity contribution in [3.8, 4) is 0 Å². The van der Waals surface area contributed by atoms with E-state index in [0.717, 1.165) is 17.4 Å². The molecule has 0 spiro atoms. The molecule has 122 valence electrons. The number of carbonyl (C=O) groups excluding carboxylic acids is 2. The predicted octanol–water partition coefficient (Wildman–Crippen LogP) is 3.87. The number of aryl methyl sites for hydroxylation is 1. The average molecular weight is 321 g/mol. The van der Waals surface area contributed by atoms with Gasteiger partial charge in [-0.1, -0.05) is 18.2 Å². The number of carbonyl (C=O) groups is 2. The first-order chi connectivity index (χ1) is 11.6. The minimum absolute atomic E-state index is 0.126. The lowest BCUT2D eigenvalue weighted by atomic mass is 10.1. The minimum Gasteiger partial charge on any atom is -0.347 e. The fraction of sp³-hybridized carbons (Fsp3) is 0.158. The molecule has 2 N–H and O–H groups in total. The molecule has 24 heavy (non-hydrogen) atoms. The van der Waals surface area contributed by atoms with E-state index in [9.17, 15) is 9.59 Å². The maximum Gasteiger partial charge on any atom is 0.257 e. The molecule has 0 aliphatic heterocycles.